The van der Waals surface area contributed by atoms with Crippen molar-refractivity contribution >= 4 is 11.6 Å². The van der Waals surface area contributed by atoms with Gasteiger partial charge < -0.3 is 15.2 Å². The van der Waals surface area contributed by atoms with Gasteiger partial charge >= 0.3 is 0 Å². The van der Waals surface area contributed by atoms with Crippen molar-refractivity contribution in [2.24, 2.45) is 5.73 Å². The minimum absolute atomic E-state index is 0.122. The minimum atomic E-state index is -0.122. The fourth-order valence-electron chi connectivity index (χ4n) is 2.70. The predicted octanol–water partition coefficient (Wildman–Crippen LogP) is 4.57. The zero-order chi connectivity index (χ0) is 18.4. The largest absolute Gasteiger partial charge is 0.493 e. The van der Waals surface area contributed by atoms with E-state index >= 15 is 0 Å². The van der Waals surface area contributed by atoms with Gasteiger partial charge in [0.15, 0.2) is 11.5 Å². The lowest BCUT2D eigenvalue weighted by Crippen LogP contribution is -2.13. The number of halogens is 1. The summed E-state index contributed by atoms with van der Waals surface area (Å²) in [7, 11) is 1.63. The van der Waals surface area contributed by atoms with Crippen LogP contribution >= 0.6 is 11.6 Å². The van der Waals surface area contributed by atoms with Crippen LogP contribution in [0.15, 0.2) is 67.0 Å². The Balaban J connectivity index is 1.70. The summed E-state index contributed by atoms with van der Waals surface area (Å²) in [6, 6.07) is 17.2. The molecule has 26 heavy (non-hydrogen) atoms. The van der Waals surface area contributed by atoms with E-state index in [1.807, 2.05) is 54.6 Å². The van der Waals surface area contributed by atoms with E-state index in [9.17, 15) is 0 Å². The van der Waals surface area contributed by atoms with Crippen LogP contribution in [0.1, 0.15) is 22.7 Å². The van der Waals surface area contributed by atoms with E-state index in [0.717, 1.165) is 16.7 Å². The quantitative estimate of drug-likeness (QED) is 0.664. The van der Waals surface area contributed by atoms with Crippen molar-refractivity contribution in [3.8, 4) is 11.5 Å². The van der Waals surface area contributed by atoms with Crippen LogP contribution in [-0.2, 0) is 13.0 Å². The third kappa shape index (κ3) is 4.54. The molecule has 0 saturated heterocycles. The Hall–Kier alpha value is -2.56. The molecule has 0 amide bonds. The lowest BCUT2D eigenvalue weighted by molar-refractivity contribution is 0.284. The average molecular weight is 369 g/mol. The summed E-state index contributed by atoms with van der Waals surface area (Å²) < 4.78 is 11.4. The van der Waals surface area contributed by atoms with E-state index in [1.165, 1.54) is 0 Å². The molecule has 0 bridgehead atoms. The monoisotopic (exact) mass is 368 g/mol. The van der Waals surface area contributed by atoms with E-state index in [0.29, 0.717) is 29.5 Å². The molecule has 0 aliphatic rings. The summed E-state index contributed by atoms with van der Waals surface area (Å²) in [5, 5.41) is 0.686. The number of nitrogens with zero attached hydrogens (tertiary/aromatic N) is 1. The maximum atomic E-state index is 6.28. The van der Waals surface area contributed by atoms with Gasteiger partial charge in [0.2, 0.25) is 0 Å². The lowest BCUT2D eigenvalue weighted by Gasteiger charge is -2.15. The molecule has 4 nitrogen and oxygen atoms in total. The number of nitrogens with two attached hydrogens (primary N) is 1. The Kier molecular flexibility index (Phi) is 6.10. The summed E-state index contributed by atoms with van der Waals surface area (Å²) in [6.07, 6.45) is 4.22. The lowest BCUT2D eigenvalue weighted by atomic mass is 10.0. The Morgan fingerprint density at radius 1 is 1.08 bits per heavy atom. The van der Waals surface area contributed by atoms with Gasteiger partial charge in [-0.3, -0.25) is 4.98 Å². The molecule has 1 atom stereocenters. The molecular formula is C21H21ClN2O2. The SMILES string of the molecule is COc1cc(CC(N)c2cccnc2)ccc1OCc1ccccc1Cl. The van der Waals surface area contributed by atoms with E-state index in [4.69, 9.17) is 26.8 Å². The van der Waals surface area contributed by atoms with Gasteiger partial charge in [0.25, 0.3) is 0 Å². The van der Waals surface area contributed by atoms with Crippen LogP contribution in [0.3, 0.4) is 0 Å². The van der Waals surface area contributed by atoms with Crippen LogP contribution in [-0.4, -0.2) is 12.1 Å². The highest BCUT2D eigenvalue weighted by Gasteiger charge is 2.11. The molecule has 2 aromatic carbocycles. The number of rotatable bonds is 7. The average Bonchev–Trinajstić information content (AvgIpc) is 2.68. The zero-order valence-electron chi connectivity index (χ0n) is 14.6. The zero-order valence-corrected chi connectivity index (χ0v) is 15.3. The summed E-state index contributed by atoms with van der Waals surface area (Å²) in [5.74, 6) is 1.35. The number of benzene rings is 2. The molecule has 1 aromatic heterocycles. The van der Waals surface area contributed by atoms with Crippen molar-refractivity contribution in [2.45, 2.75) is 19.1 Å². The third-order valence-electron chi connectivity index (χ3n) is 4.14. The normalized spacial score (nSPS) is 11.8. The minimum Gasteiger partial charge on any atom is -0.493 e. The summed E-state index contributed by atoms with van der Waals surface area (Å²) in [6.45, 7) is 0.380. The van der Waals surface area contributed by atoms with Gasteiger partial charge in [0.05, 0.1) is 7.11 Å². The van der Waals surface area contributed by atoms with Gasteiger partial charge in [-0.2, -0.15) is 0 Å². The fraction of sp³-hybridized carbons (Fsp3) is 0.190. The van der Waals surface area contributed by atoms with Crippen LogP contribution < -0.4 is 15.2 Å². The van der Waals surface area contributed by atoms with Crippen molar-refractivity contribution in [3.05, 3.63) is 88.7 Å². The molecule has 0 radical (unpaired) electrons. The number of aromatic nitrogens is 1. The van der Waals surface area contributed by atoms with Crippen molar-refractivity contribution in [1.29, 1.82) is 0 Å². The van der Waals surface area contributed by atoms with E-state index in [1.54, 1.807) is 19.5 Å². The Bertz CT molecular complexity index is 856. The summed E-state index contributed by atoms with van der Waals surface area (Å²) in [4.78, 5) is 4.12. The predicted molar refractivity (Wildman–Crippen MR) is 104 cm³/mol. The molecule has 2 N–H and O–H groups in total. The first kappa shape index (κ1) is 18.2. The van der Waals surface area contributed by atoms with E-state index in [-0.39, 0.29) is 6.04 Å². The highest BCUT2D eigenvalue weighted by molar-refractivity contribution is 6.31. The molecule has 3 rings (SSSR count). The van der Waals surface area contributed by atoms with E-state index < -0.39 is 0 Å². The van der Waals surface area contributed by atoms with Crippen LogP contribution in [0.2, 0.25) is 5.02 Å². The van der Waals surface area contributed by atoms with Crippen molar-refractivity contribution in [3.63, 3.8) is 0 Å². The molecule has 5 heteroatoms. The van der Waals surface area contributed by atoms with Crippen LogP contribution in [0.5, 0.6) is 11.5 Å². The second-order valence-electron chi connectivity index (χ2n) is 5.96. The number of pyridine rings is 1. The van der Waals surface area contributed by atoms with Crippen molar-refractivity contribution in [2.75, 3.05) is 7.11 Å². The van der Waals surface area contributed by atoms with Crippen LogP contribution in [0.25, 0.3) is 0 Å². The Labute approximate surface area is 158 Å². The summed E-state index contributed by atoms with van der Waals surface area (Å²) >= 11 is 6.17. The molecule has 1 unspecified atom stereocenters. The van der Waals surface area contributed by atoms with Crippen molar-refractivity contribution < 1.29 is 9.47 Å². The Morgan fingerprint density at radius 2 is 1.92 bits per heavy atom. The van der Waals surface area contributed by atoms with E-state index in [2.05, 4.69) is 4.98 Å². The smallest absolute Gasteiger partial charge is 0.161 e. The van der Waals surface area contributed by atoms with Gasteiger partial charge in [0.1, 0.15) is 6.61 Å². The second-order valence-corrected chi connectivity index (χ2v) is 6.37. The first-order valence-corrected chi connectivity index (χ1v) is 8.74. The maximum absolute atomic E-state index is 6.28. The third-order valence-corrected chi connectivity index (χ3v) is 4.51. The molecule has 0 saturated carbocycles. The second kappa shape index (κ2) is 8.70. The van der Waals surface area contributed by atoms with Gasteiger partial charge in [-0.05, 0) is 41.8 Å². The highest BCUT2D eigenvalue weighted by atomic mass is 35.5. The molecule has 0 spiro atoms. The van der Waals surface area contributed by atoms with Gasteiger partial charge in [-0.15, -0.1) is 0 Å². The molecule has 134 valence electrons. The standard InChI is InChI=1S/C21H21ClN2O2/c1-25-21-12-15(11-19(23)16-6-4-10-24-13-16)8-9-20(21)26-14-17-5-2-3-7-18(17)22/h2-10,12-13,19H,11,14,23H2,1H3. The topological polar surface area (TPSA) is 57.4 Å². The fourth-order valence-corrected chi connectivity index (χ4v) is 2.89. The molecule has 3 aromatic rings. The summed E-state index contributed by atoms with van der Waals surface area (Å²) in [5.41, 5.74) is 9.29. The Morgan fingerprint density at radius 3 is 2.65 bits per heavy atom. The van der Waals surface area contributed by atoms with Crippen LogP contribution in [0.4, 0.5) is 0 Å². The molecule has 0 aliphatic carbocycles. The number of ether oxygens (including phenoxy) is 2. The van der Waals surface area contributed by atoms with Gasteiger partial charge in [0, 0.05) is 29.0 Å². The number of hydrogen-bond acceptors (Lipinski definition) is 4. The highest BCUT2D eigenvalue weighted by Crippen LogP contribution is 2.30. The molecular weight excluding hydrogens is 348 g/mol. The first-order valence-electron chi connectivity index (χ1n) is 8.36. The number of methoxy groups -OCH3 is 1. The maximum Gasteiger partial charge on any atom is 0.161 e. The van der Waals surface area contributed by atoms with Gasteiger partial charge in [-0.25, -0.2) is 0 Å². The van der Waals surface area contributed by atoms with Crippen molar-refractivity contribution in [1.82, 2.24) is 4.98 Å². The first-order chi connectivity index (χ1) is 12.7. The molecule has 1 heterocycles. The molecule has 0 fully saturated rings. The van der Waals surface area contributed by atoms with Crippen LogP contribution in [0, 0.1) is 0 Å². The molecule has 0 aliphatic heterocycles. The van der Waals surface area contributed by atoms with Gasteiger partial charge in [-0.1, -0.05) is 41.9 Å². The number of hydrogen-bond donors (Lipinski definition) is 1.